The topological polar surface area (TPSA) is 105 Å². The van der Waals surface area contributed by atoms with Crippen molar-refractivity contribution in [3.63, 3.8) is 0 Å². The molecule has 0 radical (unpaired) electrons. The molecule has 2 heterocycles. The highest BCUT2D eigenvalue weighted by atomic mass is 16.5. The molecule has 1 saturated carbocycles. The number of carbonyl (C=O) groups excluding carboxylic acids is 1. The van der Waals surface area contributed by atoms with Crippen LogP contribution in [0.2, 0.25) is 0 Å². The van der Waals surface area contributed by atoms with Crippen LogP contribution in [0, 0.1) is 0 Å². The van der Waals surface area contributed by atoms with E-state index in [0.717, 1.165) is 12.8 Å². The molecule has 2 N–H and O–H groups in total. The molecule has 2 aromatic heterocycles. The van der Waals surface area contributed by atoms with Gasteiger partial charge < -0.3 is 14.9 Å². The van der Waals surface area contributed by atoms with E-state index in [1.807, 2.05) is 0 Å². The molecule has 1 amide bonds. The van der Waals surface area contributed by atoms with Crippen molar-refractivity contribution in [2.24, 2.45) is 0 Å². The fraction of sp³-hybridized carbons (Fsp3) is 0.333. The second-order valence-corrected chi connectivity index (χ2v) is 5.37. The molecule has 0 unspecified atom stereocenters. The summed E-state index contributed by atoms with van der Waals surface area (Å²) in [5.74, 6) is -1.13. The molecule has 22 heavy (non-hydrogen) atoms. The molecule has 2 aromatic rings. The minimum absolute atomic E-state index is 0.0615. The van der Waals surface area contributed by atoms with E-state index in [-0.39, 0.29) is 5.69 Å². The van der Waals surface area contributed by atoms with Crippen LogP contribution in [-0.4, -0.2) is 32.7 Å². The number of carboxylic acids is 1. The highest BCUT2D eigenvalue weighted by molar-refractivity contribution is 5.97. The minimum atomic E-state index is -1.19. The highest BCUT2D eigenvalue weighted by Gasteiger charge is 2.43. The van der Waals surface area contributed by atoms with E-state index < -0.39 is 17.4 Å². The first-order chi connectivity index (χ1) is 10.6. The van der Waals surface area contributed by atoms with Gasteiger partial charge in [0.2, 0.25) is 0 Å². The van der Waals surface area contributed by atoms with Gasteiger partial charge in [-0.15, -0.1) is 0 Å². The number of aliphatic carboxylic acids is 1. The first-order valence-electron chi connectivity index (χ1n) is 7.04. The lowest BCUT2D eigenvalue weighted by Crippen LogP contribution is -2.52. The molecule has 0 spiro atoms. The van der Waals surface area contributed by atoms with E-state index >= 15 is 0 Å². The van der Waals surface area contributed by atoms with Crippen LogP contribution in [0.25, 0.3) is 11.3 Å². The van der Waals surface area contributed by atoms with Gasteiger partial charge in [0.05, 0.1) is 0 Å². The summed E-state index contributed by atoms with van der Waals surface area (Å²) in [6.07, 6.45) is 5.66. The Hall–Kier alpha value is -2.70. The number of nitrogens with zero attached hydrogens (tertiary/aromatic N) is 2. The van der Waals surface area contributed by atoms with Gasteiger partial charge in [-0.05, 0) is 25.0 Å². The van der Waals surface area contributed by atoms with E-state index in [1.54, 1.807) is 24.5 Å². The molecule has 114 valence electrons. The first kappa shape index (κ1) is 14.2. The molecule has 0 saturated heterocycles. The van der Waals surface area contributed by atoms with Crippen molar-refractivity contribution in [1.29, 1.82) is 0 Å². The summed E-state index contributed by atoms with van der Waals surface area (Å²) in [5.41, 5.74) is -0.431. The van der Waals surface area contributed by atoms with Gasteiger partial charge in [-0.3, -0.25) is 9.78 Å². The zero-order valence-corrected chi connectivity index (χ0v) is 11.8. The molecule has 3 rings (SSSR count). The number of hydrogen-bond donors (Lipinski definition) is 2. The van der Waals surface area contributed by atoms with Crippen molar-refractivity contribution >= 4 is 11.9 Å². The number of nitrogens with one attached hydrogen (secondary N) is 1. The van der Waals surface area contributed by atoms with Gasteiger partial charge in [0.15, 0.2) is 11.5 Å². The summed E-state index contributed by atoms with van der Waals surface area (Å²) in [6, 6.07) is 5.01. The number of carbonyl (C=O) groups is 2. The predicted molar refractivity (Wildman–Crippen MR) is 76.0 cm³/mol. The minimum Gasteiger partial charge on any atom is -0.480 e. The van der Waals surface area contributed by atoms with Crippen LogP contribution in [0.1, 0.15) is 36.2 Å². The predicted octanol–water partition coefficient (Wildman–Crippen LogP) is 1.86. The van der Waals surface area contributed by atoms with Crippen LogP contribution in [0.15, 0.2) is 35.1 Å². The zero-order chi connectivity index (χ0) is 15.6. The summed E-state index contributed by atoms with van der Waals surface area (Å²) in [6.45, 7) is 0. The largest absolute Gasteiger partial charge is 0.480 e. The number of amides is 1. The Morgan fingerprint density at radius 2 is 2.09 bits per heavy atom. The van der Waals surface area contributed by atoms with Crippen LogP contribution >= 0.6 is 0 Å². The molecule has 1 fully saturated rings. The fourth-order valence-electron chi connectivity index (χ4n) is 2.68. The molecule has 0 aromatic carbocycles. The Balaban J connectivity index is 1.79. The second-order valence-electron chi connectivity index (χ2n) is 5.37. The normalized spacial score (nSPS) is 16.4. The number of carboxylic acid groups (broad SMARTS) is 1. The molecule has 0 atom stereocenters. The molecule has 0 bridgehead atoms. The second kappa shape index (κ2) is 5.59. The summed E-state index contributed by atoms with van der Waals surface area (Å²) in [5, 5.41) is 15.7. The van der Waals surface area contributed by atoms with Crippen LogP contribution in [-0.2, 0) is 4.79 Å². The first-order valence-corrected chi connectivity index (χ1v) is 7.04. The Bertz CT molecular complexity index is 690. The number of pyridine rings is 1. The quantitative estimate of drug-likeness (QED) is 0.893. The average Bonchev–Trinajstić information content (AvgIpc) is 3.18. The van der Waals surface area contributed by atoms with Gasteiger partial charge in [-0.25, -0.2) is 4.79 Å². The molecule has 1 aliphatic rings. The summed E-state index contributed by atoms with van der Waals surface area (Å²) >= 11 is 0. The van der Waals surface area contributed by atoms with E-state index in [2.05, 4.69) is 15.5 Å². The van der Waals surface area contributed by atoms with E-state index in [4.69, 9.17) is 4.52 Å². The van der Waals surface area contributed by atoms with Crippen molar-refractivity contribution in [2.75, 3.05) is 0 Å². The summed E-state index contributed by atoms with van der Waals surface area (Å²) in [4.78, 5) is 27.7. The van der Waals surface area contributed by atoms with Gasteiger partial charge in [0.25, 0.3) is 5.91 Å². The van der Waals surface area contributed by atoms with Crippen LogP contribution in [0.4, 0.5) is 0 Å². The number of aromatic nitrogens is 2. The Kier molecular flexibility index (Phi) is 3.62. The van der Waals surface area contributed by atoms with E-state index in [0.29, 0.717) is 24.2 Å². The van der Waals surface area contributed by atoms with E-state index in [1.165, 1.54) is 6.07 Å². The maximum atomic E-state index is 12.2. The van der Waals surface area contributed by atoms with Gasteiger partial charge in [-0.1, -0.05) is 18.0 Å². The van der Waals surface area contributed by atoms with Crippen molar-refractivity contribution in [3.05, 3.63) is 36.3 Å². The Morgan fingerprint density at radius 3 is 2.73 bits per heavy atom. The third-order valence-electron chi connectivity index (χ3n) is 3.91. The summed E-state index contributed by atoms with van der Waals surface area (Å²) in [7, 11) is 0. The van der Waals surface area contributed by atoms with E-state index in [9.17, 15) is 14.7 Å². The van der Waals surface area contributed by atoms with Crippen LogP contribution in [0.5, 0.6) is 0 Å². The number of rotatable bonds is 4. The molecular formula is C15H15N3O4. The Labute approximate surface area is 126 Å². The average molecular weight is 301 g/mol. The molecular weight excluding hydrogens is 286 g/mol. The molecule has 7 nitrogen and oxygen atoms in total. The molecule has 7 heteroatoms. The van der Waals surface area contributed by atoms with Gasteiger partial charge in [0, 0.05) is 24.0 Å². The molecule has 0 aliphatic heterocycles. The van der Waals surface area contributed by atoms with Crippen LogP contribution < -0.4 is 5.32 Å². The maximum absolute atomic E-state index is 12.2. The van der Waals surface area contributed by atoms with Crippen LogP contribution in [0.3, 0.4) is 0 Å². The maximum Gasteiger partial charge on any atom is 0.329 e. The van der Waals surface area contributed by atoms with Gasteiger partial charge >= 0.3 is 5.97 Å². The highest BCUT2D eigenvalue weighted by Crippen LogP contribution is 2.30. The zero-order valence-electron chi connectivity index (χ0n) is 11.8. The third-order valence-corrected chi connectivity index (χ3v) is 3.91. The lowest BCUT2D eigenvalue weighted by atomic mass is 9.97. The fourth-order valence-corrected chi connectivity index (χ4v) is 2.68. The summed E-state index contributed by atoms with van der Waals surface area (Å²) < 4.78 is 5.13. The monoisotopic (exact) mass is 301 g/mol. The SMILES string of the molecule is O=C(NC1(C(=O)O)CCCC1)c1cc(-c2cccnc2)on1. The number of hydrogen-bond acceptors (Lipinski definition) is 5. The van der Waals surface area contributed by atoms with Crippen molar-refractivity contribution in [3.8, 4) is 11.3 Å². The third kappa shape index (κ3) is 2.57. The smallest absolute Gasteiger partial charge is 0.329 e. The Morgan fingerprint density at radius 1 is 1.32 bits per heavy atom. The van der Waals surface area contributed by atoms with Crippen molar-refractivity contribution in [2.45, 2.75) is 31.2 Å². The van der Waals surface area contributed by atoms with Gasteiger partial charge in [0.1, 0.15) is 5.54 Å². The molecule has 1 aliphatic carbocycles. The lowest BCUT2D eigenvalue weighted by Gasteiger charge is -2.24. The standard InChI is InChI=1S/C15H15N3O4/c19-13(17-15(14(20)21)5-1-2-6-15)11-8-12(22-18-11)10-4-3-7-16-9-10/h3-4,7-9H,1-2,5-6H2,(H,17,19)(H,20,21). The van der Waals surface area contributed by atoms with Gasteiger partial charge in [-0.2, -0.15) is 0 Å². The lowest BCUT2D eigenvalue weighted by molar-refractivity contribution is -0.144. The van der Waals surface area contributed by atoms with Crippen molar-refractivity contribution in [1.82, 2.24) is 15.5 Å². The van der Waals surface area contributed by atoms with Crippen molar-refractivity contribution < 1.29 is 19.2 Å².